The average molecular weight is 317 g/mol. The Bertz CT molecular complexity index is 673. The van der Waals surface area contributed by atoms with E-state index in [1.807, 2.05) is 30.3 Å². The van der Waals surface area contributed by atoms with Crippen LogP contribution in [0.1, 0.15) is 22.6 Å². The molecule has 2 heteroatoms. The number of rotatable bonds is 7. The predicted octanol–water partition coefficient (Wildman–Crippen LogP) is 4.36. The van der Waals surface area contributed by atoms with Crippen molar-refractivity contribution < 1.29 is 4.74 Å². The van der Waals surface area contributed by atoms with Crippen LogP contribution < -0.4 is 5.73 Å². The molecule has 0 spiro atoms. The van der Waals surface area contributed by atoms with Crippen molar-refractivity contribution in [2.45, 2.75) is 18.6 Å². The van der Waals surface area contributed by atoms with Crippen molar-refractivity contribution in [2.24, 2.45) is 5.73 Å². The van der Waals surface area contributed by atoms with Gasteiger partial charge in [0.1, 0.15) is 0 Å². The first-order chi connectivity index (χ1) is 11.8. The van der Waals surface area contributed by atoms with Crippen molar-refractivity contribution in [2.75, 3.05) is 6.61 Å². The molecule has 0 saturated heterocycles. The number of nitrogens with two attached hydrogens (primary N) is 1. The van der Waals surface area contributed by atoms with Crippen molar-refractivity contribution >= 4 is 0 Å². The van der Waals surface area contributed by atoms with Crippen LogP contribution in [0.25, 0.3) is 0 Å². The van der Waals surface area contributed by atoms with Crippen LogP contribution in [-0.2, 0) is 11.3 Å². The lowest BCUT2D eigenvalue weighted by Gasteiger charge is -2.25. The summed E-state index contributed by atoms with van der Waals surface area (Å²) in [5.41, 5.74) is 10.1. The molecule has 2 N–H and O–H groups in total. The third kappa shape index (κ3) is 4.31. The van der Waals surface area contributed by atoms with Crippen molar-refractivity contribution in [3.63, 3.8) is 0 Å². The summed E-state index contributed by atoms with van der Waals surface area (Å²) in [4.78, 5) is 0. The van der Waals surface area contributed by atoms with Gasteiger partial charge in [-0.1, -0.05) is 91.0 Å². The minimum absolute atomic E-state index is 0.0986. The van der Waals surface area contributed by atoms with E-state index in [1.54, 1.807) is 0 Å². The SMILES string of the molecule is N[C@H](COCc1ccccc1)C(c1ccccc1)c1ccccc1. The highest BCUT2D eigenvalue weighted by Gasteiger charge is 2.21. The zero-order valence-corrected chi connectivity index (χ0v) is 13.7. The van der Waals surface area contributed by atoms with Crippen LogP contribution in [0.2, 0.25) is 0 Å². The second-order valence-electron chi connectivity index (χ2n) is 5.96. The fraction of sp³-hybridized carbons (Fsp3) is 0.182. The molecule has 3 aromatic rings. The monoisotopic (exact) mass is 317 g/mol. The molecule has 0 aliphatic heterocycles. The largest absolute Gasteiger partial charge is 0.375 e. The molecule has 0 aliphatic carbocycles. The molecule has 3 rings (SSSR count). The zero-order valence-electron chi connectivity index (χ0n) is 13.7. The van der Waals surface area contributed by atoms with Gasteiger partial charge in [-0.25, -0.2) is 0 Å². The Morgan fingerprint density at radius 3 is 1.62 bits per heavy atom. The maximum absolute atomic E-state index is 6.52. The Hall–Kier alpha value is -2.42. The number of ether oxygens (including phenoxy) is 1. The number of hydrogen-bond acceptors (Lipinski definition) is 2. The second-order valence-corrected chi connectivity index (χ2v) is 5.96. The van der Waals surface area contributed by atoms with E-state index in [4.69, 9.17) is 10.5 Å². The highest BCUT2D eigenvalue weighted by molar-refractivity contribution is 5.34. The Labute approximate surface area is 143 Å². The van der Waals surface area contributed by atoms with E-state index in [-0.39, 0.29) is 12.0 Å². The maximum Gasteiger partial charge on any atom is 0.0717 e. The summed E-state index contributed by atoms with van der Waals surface area (Å²) in [7, 11) is 0. The summed E-state index contributed by atoms with van der Waals surface area (Å²) in [5, 5.41) is 0. The molecule has 0 bridgehead atoms. The van der Waals surface area contributed by atoms with Gasteiger partial charge < -0.3 is 10.5 Å². The molecule has 122 valence electrons. The lowest BCUT2D eigenvalue weighted by Crippen LogP contribution is -2.34. The highest BCUT2D eigenvalue weighted by Crippen LogP contribution is 2.27. The van der Waals surface area contributed by atoms with Crippen molar-refractivity contribution in [3.8, 4) is 0 Å². The molecule has 0 fully saturated rings. The van der Waals surface area contributed by atoms with E-state index in [9.17, 15) is 0 Å². The van der Waals surface area contributed by atoms with Gasteiger partial charge in [0, 0.05) is 12.0 Å². The van der Waals surface area contributed by atoms with Crippen LogP contribution >= 0.6 is 0 Å². The van der Waals surface area contributed by atoms with Gasteiger partial charge in [0.2, 0.25) is 0 Å². The first kappa shape index (κ1) is 16.4. The van der Waals surface area contributed by atoms with Crippen molar-refractivity contribution in [3.05, 3.63) is 108 Å². The van der Waals surface area contributed by atoms with Gasteiger partial charge in [-0.05, 0) is 16.7 Å². The van der Waals surface area contributed by atoms with E-state index in [2.05, 4.69) is 60.7 Å². The molecule has 0 heterocycles. The molecule has 0 saturated carbocycles. The fourth-order valence-corrected chi connectivity index (χ4v) is 2.99. The Kier molecular flexibility index (Phi) is 5.78. The standard InChI is InChI=1S/C22H23NO/c23-21(17-24-16-18-10-4-1-5-11-18)22(19-12-6-2-7-13-19)20-14-8-3-9-15-20/h1-15,21-22H,16-17,23H2/t21-/m1/s1. The third-order valence-electron chi connectivity index (χ3n) is 4.17. The molecule has 24 heavy (non-hydrogen) atoms. The van der Waals surface area contributed by atoms with E-state index in [0.717, 1.165) is 0 Å². The van der Waals surface area contributed by atoms with Gasteiger partial charge >= 0.3 is 0 Å². The fourth-order valence-electron chi connectivity index (χ4n) is 2.99. The molecular weight excluding hydrogens is 294 g/mol. The second kappa shape index (κ2) is 8.44. The predicted molar refractivity (Wildman–Crippen MR) is 98.8 cm³/mol. The average Bonchev–Trinajstić information content (AvgIpc) is 2.65. The third-order valence-corrected chi connectivity index (χ3v) is 4.17. The molecule has 0 aromatic heterocycles. The molecule has 2 nitrogen and oxygen atoms in total. The van der Waals surface area contributed by atoms with Crippen LogP contribution in [0.5, 0.6) is 0 Å². The quantitative estimate of drug-likeness (QED) is 0.702. The summed E-state index contributed by atoms with van der Waals surface area (Å²) in [6.45, 7) is 1.11. The maximum atomic E-state index is 6.52. The van der Waals surface area contributed by atoms with Crippen LogP contribution in [0.15, 0.2) is 91.0 Å². The van der Waals surface area contributed by atoms with Crippen LogP contribution in [0.3, 0.4) is 0 Å². The minimum Gasteiger partial charge on any atom is -0.375 e. The van der Waals surface area contributed by atoms with Gasteiger partial charge in [-0.2, -0.15) is 0 Å². The van der Waals surface area contributed by atoms with E-state index < -0.39 is 0 Å². The topological polar surface area (TPSA) is 35.2 Å². The molecule has 0 amide bonds. The van der Waals surface area contributed by atoms with E-state index in [0.29, 0.717) is 13.2 Å². The molecule has 3 aromatic carbocycles. The van der Waals surface area contributed by atoms with Gasteiger partial charge in [0.05, 0.1) is 13.2 Å². The lowest BCUT2D eigenvalue weighted by molar-refractivity contribution is 0.104. The van der Waals surface area contributed by atoms with E-state index in [1.165, 1.54) is 16.7 Å². The van der Waals surface area contributed by atoms with Crippen molar-refractivity contribution in [1.29, 1.82) is 0 Å². The highest BCUT2D eigenvalue weighted by atomic mass is 16.5. The van der Waals surface area contributed by atoms with Crippen LogP contribution in [0, 0.1) is 0 Å². The minimum atomic E-state index is -0.0986. The summed E-state index contributed by atoms with van der Waals surface area (Å²) < 4.78 is 5.88. The summed E-state index contributed by atoms with van der Waals surface area (Å²) >= 11 is 0. The molecular formula is C22H23NO. The van der Waals surface area contributed by atoms with E-state index >= 15 is 0 Å². The van der Waals surface area contributed by atoms with Crippen LogP contribution in [-0.4, -0.2) is 12.6 Å². The number of benzene rings is 3. The first-order valence-corrected chi connectivity index (χ1v) is 8.32. The normalized spacial score (nSPS) is 12.2. The summed E-state index contributed by atoms with van der Waals surface area (Å²) in [6, 6.07) is 30.9. The van der Waals surface area contributed by atoms with Gasteiger partial charge in [-0.15, -0.1) is 0 Å². The lowest BCUT2D eigenvalue weighted by atomic mass is 9.86. The summed E-state index contributed by atoms with van der Waals surface area (Å²) in [5.74, 6) is 0.128. The molecule has 0 unspecified atom stereocenters. The molecule has 1 atom stereocenters. The van der Waals surface area contributed by atoms with Gasteiger partial charge in [0.25, 0.3) is 0 Å². The Morgan fingerprint density at radius 1 is 0.667 bits per heavy atom. The smallest absolute Gasteiger partial charge is 0.0717 e. The van der Waals surface area contributed by atoms with Gasteiger partial charge in [0.15, 0.2) is 0 Å². The first-order valence-electron chi connectivity index (χ1n) is 8.32. The zero-order chi connectivity index (χ0) is 16.6. The Morgan fingerprint density at radius 2 is 1.12 bits per heavy atom. The molecule has 0 radical (unpaired) electrons. The summed E-state index contributed by atoms with van der Waals surface area (Å²) in [6.07, 6.45) is 0. The van der Waals surface area contributed by atoms with Gasteiger partial charge in [-0.3, -0.25) is 0 Å². The number of hydrogen-bond donors (Lipinski definition) is 1. The molecule has 0 aliphatic rings. The van der Waals surface area contributed by atoms with Crippen molar-refractivity contribution in [1.82, 2.24) is 0 Å². The Balaban J connectivity index is 1.71. The van der Waals surface area contributed by atoms with Crippen LogP contribution in [0.4, 0.5) is 0 Å².